The van der Waals surface area contributed by atoms with Crippen molar-refractivity contribution in [2.45, 2.75) is 6.04 Å². The first-order valence-corrected chi connectivity index (χ1v) is 6.04. The number of aliphatic hydroxyl groups excluding tert-OH is 2. The van der Waals surface area contributed by atoms with Crippen molar-refractivity contribution in [3.63, 3.8) is 0 Å². The summed E-state index contributed by atoms with van der Waals surface area (Å²) in [5.74, 6) is 1.72. The van der Waals surface area contributed by atoms with Crippen LogP contribution in [0.15, 0.2) is 0 Å². The Bertz CT molecular complexity index is 400. The zero-order chi connectivity index (χ0) is 12.5. The Hall–Kier alpha value is -1.67. The first-order valence-electron chi connectivity index (χ1n) is 6.04. The van der Waals surface area contributed by atoms with Crippen molar-refractivity contribution in [2.75, 3.05) is 54.5 Å². The van der Waals surface area contributed by atoms with Crippen molar-refractivity contribution < 1.29 is 10.2 Å². The van der Waals surface area contributed by atoms with Crippen LogP contribution in [0.3, 0.4) is 0 Å². The Balaban J connectivity index is 1.82. The fourth-order valence-electron chi connectivity index (χ4n) is 1.53. The van der Waals surface area contributed by atoms with Crippen LogP contribution in [0.2, 0.25) is 0 Å². The van der Waals surface area contributed by atoms with Gasteiger partial charge in [-0.3, -0.25) is 0 Å². The van der Waals surface area contributed by atoms with Gasteiger partial charge >= 0.3 is 0 Å². The van der Waals surface area contributed by atoms with Gasteiger partial charge < -0.3 is 25.3 Å². The lowest BCUT2D eigenvalue weighted by molar-refractivity contribution is 0.203. The molecule has 2 aliphatic rings. The molecule has 8 nitrogen and oxygen atoms in total. The van der Waals surface area contributed by atoms with E-state index < -0.39 is 6.04 Å². The maximum atomic E-state index is 9.05. The maximum absolute atomic E-state index is 9.05. The molecule has 3 N–H and O–H groups in total. The first-order chi connectivity index (χ1) is 8.80. The zero-order valence-corrected chi connectivity index (χ0v) is 9.95. The molecule has 1 aromatic heterocycles. The third kappa shape index (κ3) is 2.44. The number of aliphatic hydroxyl groups is 2. The topological polar surface area (TPSA) is 97.2 Å². The monoisotopic (exact) mass is 252 g/mol. The summed E-state index contributed by atoms with van der Waals surface area (Å²) in [6, 6.07) is -0.448. The number of nitrogens with zero attached hydrogens (tertiary/aromatic N) is 5. The molecule has 0 aromatic carbocycles. The second kappa shape index (κ2) is 4.54. The summed E-state index contributed by atoms with van der Waals surface area (Å²) < 4.78 is 0. The van der Waals surface area contributed by atoms with Gasteiger partial charge in [0.05, 0.1) is 19.3 Å². The first kappa shape index (κ1) is 11.4. The van der Waals surface area contributed by atoms with Gasteiger partial charge in [-0.15, -0.1) is 0 Å². The Kier molecular flexibility index (Phi) is 2.88. The molecule has 3 heterocycles. The summed E-state index contributed by atoms with van der Waals surface area (Å²) in [4.78, 5) is 17.0. The van der Waals surface area contributed by atoms with Crippen molar-refractivity contribution in [3.8, 4) is 0 Å². The van der Waals surface area contributed by atoms with Crippen molar-refractivity contribution in [3.05, 3.63) is 0 Å². The molecule has 3 rings (SSSR count). The van der Waals surface area contributed by atoms with E-state index >= 15 is 0 Å². The van der Waals surface area contributed by atoms with Crippen LogP contribution in [0.4, 0.5) is 17.8 Å². The fraction of sp³-hybridized carbons (Fsp3) is 0.700. The van der Waals surface area contributed by atoms with Gasteiger partial charge in [0, 0.05) is 26.2 Å². The summed E-state index contributed by atoms with van der Waals surface area (Å²) in [6.45, 7) is 3.53. The average molecular weight is 252 g/mol. The molecule has 0 radical (unpaired) electrons. The van der Waals surface area contributed by atoms with Gasteiger partial charge in [-0.25, -0.2) is 0 Å². The van der Waals surface area contributed by atoms with E-state index in [1.807, 2.05) is 9.80 Å². The third-order valence-electron chi connectivity index (χ3n) is 2.85. The Morgan fingerprint density at radius 3 is 1.83 bits per heavy atom. The highest BCUT2D eigenvalue weighted by Gasteiger charge is 2.27. The minimum Gasteiger partial charge on any atom is -0.394 e. The second-order valence-electron chi connectivity index (χ2n) is 4.44. The molecule has 98 valence electrons. The van der Waals surface area contributed by atoms with Crippen molar-refractivity contribution >= 4 is 17.8 Å². The number of rotatable bonds is 6. The van der Waals surface area contributed by atoms with Crippen LogP contribution in [0.1, 0.15) is 0 Å². The van der Waals surface area contributed by atoms with Crippen molar-refractivity contribution in [2.24, 2.45) is 0 Å². The molecule has 2 aliphatic heterocycles. The molecule has 2 saturated heterocycles. The smallest absolute Gasteiger partial charge is 0.232 e. The van der Waals surface area contributed by atoms with E-state index in [0.29, 0.717) is 17.8 Å². The zero-order valence-electron chi connectivity index (χ0n) is 9.95. The van der Waals surface area contributed by atoms with Crippen LogP contribution in [-0.2, 0) is 0 Å². The molecular weight excluding hydrogens is 236 g/mol. The normalized spacial score (nSPS) is 17.3. The van der Waals surface area contributed by atoms with Crippen molar-refractivity contribution in [1.82, 2.24) is 15.0 Å². The van der Waals surface area contributed by atoms with E-state index in [4.69, 9.17) is 10.2 Å². The third-order valence-corrected chi connectivity index (χ3v) is 2.85. The molecule has 1 aromatic rings. The highest BCUT2D eigenvalue weighted by atomic mass is 16.3. The molecule has 0 spiro atoms. The molecule has 0 unspecified atom stereocenters. The number of anilines is 3. The summed E-state index contributed by atoms with van der Waals surface area (Å²) in [5, 5.41) is 21.0. The van der Waals surface area contributed by atoms with E-state index in [9.17, 15) is 0 Å². The molecule has 0 atom stereocenters. The highest BCUT2D eigenvalue weighted by molar-refractivity contribution is 5.50. The molecule has 2 fully saturated rings. The van der Waals surface area contributed by atoms with E-state index in [2.05, 4.69) is 20.3 Å². The molecule has 0 aliphatic carbocycles. The van der Waals surface area contributed by atoms with Crippen LogP contribution in [0.25, 0.3) is 0 Å². The van der Waals surface area contributed by atoms with E-state index in [-0.39, 0.29) is 13.2 Å². The van der Waals surface area contributed by atoms with Crippen LogP contribution in [0.5, 0.6) is 0 Å². The maximum Gasteiger partial charge on any atom is 0.232 e. The number of hydrogen-bond donors (Lipinski definition) is 3. The van der Waals surface area contributed by atoms with Gasteiger partial charge in [0.2, 0.25) is 17.8 Å². The SMILES string of the molecule is OCC(CO)Nc1nc(N2CC2)nc(N2CC2)n1. The lowest BCUT2D eigenvalue weighted by Crippen LogP contribution is -2.29. The number of aromatic nitrogens is 3. The predicted octanol–water partition coefficient (Wildman–Crippen LogP) is -1.72. The van der Waals surface area contributed by atoms with Gasteiger partial charge in [0.1, 0.15) is 0 Å². The lowest BCUT2D eigenvalue weighted by Gasteiger charge is -2.14. The van der Waals surface area contributed by atoms with Crippen LogP contribution >= 0.6 is 0 Å². The van der Waals surface area contributed by atoms with Gasteiger partial charge in [0.15, 0.2) is 0 Å². The fourth-order valence-corrected chi connectivity index (χ4v) is 1.53. The summed E-state index contributed by atoms with van der Waals surface area (Å²) in [7, 11) is 0. The Morgan fingerprint density at radius 1 is 0.944 bits per heavy atom. The molecule has 8 heteroatoms. The lowest BCUT2D eigenvalue weighted by atomic mass is 10.3. The summed E-state index contributed by atoms with van der Waals surface area (Å²) >= 11 is 0. The quantitative estimate of drug-likeness (QED) is 0.514. The second-order valence-corrected chi connectivity index (χ2v) is 4.44. The molecule has 0 saturated carbocycles. The molecular formula is C10H16N6O2. The summed E-state index contributed by atoms with van der Waals surface area (Å²) in [5.41, 5.74) is 0. The molecule has 0 bridgehead atoms. The van der Waals surface area contributed by atoms with Gasteiger partial charge in [-0.1, -0.05) is 0 Å². The van der Waals surface area contributed by atoms with E-state index in [1.165, 1.54) is 0 Å². The van der Waals surface area contributed by atoms with E-state index in [0.717, 1.165) is 26.2 Å². The minimum absolute atomic E-state index is 0.166. The van der Waals surface area contributed by atoms with Gasteiger partial charge in [-0.05, 0) is 0 Å². The van der Waals surface area contributed by atoms with Crippen LogP contribution < -0.4 is 15.1 Å². The van der Waals surface area contributed by atoms with Gasteiger partial charge in [0.25, 0.3) is 0 Å². The standard InChI is InChI=1S/C10H16N6O2/c17-5-7(6-18)11-8-12-9(15-1-2-15)14-10(13-8)16-3-4-16/h7,17-18H,1-6H2,(H,11,12,13,14). The van der Waals surface area contributed by atoms with Crippen molar-refractivity contribution in [1.29, 1.82) is 0 Å². The summed E-state index contributed by atoms with van der Waals surface area (Å²) in [6.07, 6.45) is 0. The minimum atomic E-state index is -0.448. The Morgan fingerprint density at radius 2 is 1.44 bits per heavy atom. The molecule has 18 heavy (non-hydrogen) atoms. The van der Waals surface area contributed by atoms with Gasteiger partial charge in [-0.2, -0.15) is 15.0 Å². The predicted molar refractivity (Wildman–Crippen MR) is 65.8 cm³/mol. The number of nitrogens with one attached hydrogen (secondary N) is 1. The van der Waals surface area contributed by atoms with Crippen LogP contribution in [-0.4, -0.2) is 70.6 Å². The largest absolute Gasteiger partial charge is 0.394 e. The van der Waals surface area contributed by atoms with E-state index in [1.54, 1.807) is 0 Å². The highest BCUT2D eigenvalue weighted by Crippen LogP contribution is 2.23. The average Bonchev–Trinajstić information content (AvgIpc) is 3.28. The Labute approximate surface area is 104 Å². The van der Waals surface area contributed by atoms with Crippen LogP contribution in [0, 0.1) is 0 Å². The number of hydrogen-bond acceptors (Lipinski definition) is 8. The molecule has 0 amide bonds.